The number of aromatic nitrogens is 2. The molecule has 0 bridgehead atoms. The lowest BCUT2D eigenvalue weighted by atomic mass is 9.97. The van der Waals surface area contributed by atoms with Crippen molar-refractivity contribution in [2.45, 2.75) is 52.5 Å². The number of amides is 2. The molecule has 0 fully saturated rings. The van der Waals surface area contributed by atoms with Gasteiger partial charge in [0, 0.05) is 17.8 Å². The molecule has 32 heavy (non-hydrogen) atoms. The van der Waals surface area contributed by atoms with Crippen molar-refractivity contribution in [3.8, 4) is 5.75 Å². The van der Waals surface area contributed by atoms with Crippen molar-refractivity contribution >= 4 is 33.4 Å². The highest BCUT2D eigenvalue weighted by Crippen LogP contribution is 2.33. The Balaban J connectivity index is 1.29. The second kappa shape index (κ2) is 9.52. The molecule has 9 heteroatoms. The van der Waals surface area contributed by atoms with Gasteiger partial charge in [0.05, 0.1) is 11.7 Å². The average molecular weight is 455 g/mol. The molecule has 168 valence electrons. The monoisotopic (exact) mass is 454 g/mol. The van der Waals surface area contributed by atoms with Gasteiger partial charge in [-0.3, -0.25) is 29.8 Å². The zero-order valence-electron chi connectivity index (χ0n) is 18.2. The molecule has 1 aromatic carbocycles. The molecule has 2 heterocycles. The van der Waals surface area contributed by atoms with E-state index in [4.69, 9.17) is 4.74 Å². The summed E-state index contributed by atoms with van der Waals surface area (Å²) < 4.78 is 6.99. The molecule has 0 aliphatic heterocycles. The zero-order valence-corrected chi connectivity index (χ0v) is 19.0. The maximum atomic E-state index is 12.9. The lowest BCUT2D eigenvalue weighted by molar-refractivity contribution is -0.130. The van der Waals surface area contributed by atoms with Gasteiger partial charge in [-0.2, -0.15) is 0 Å². The Morgan fingerprint density at radius 2 is 1.94 bits per heavy atom. The van der Waals surface area contributed by atoms with Crippen molar-refractivity contribution in [3.05, 3.63) is 56.4 Å². The summed E-state index contributed by atoms with van der Waals surface area (Å²) in [6.07, 6.45) is 5.68. The van der Waals surface area contributed by atoms with E-state index in [1.807, 2.05) is 32.0 Å². The van der Waals surface area contributed by atoms with E-state index in [9.17, 15) is 14.4 Å². The molecule has 1 aliphatic rings. The van der Waals surface area contributed by atoms with E-state index in [0.717, 1.165) is 47.2 Å². The number of carbonyl (C=O) groups excluding carboxylic acids is 2. The number of carbonyl (C=O) groups is 2. The Morgan fingerprint density at radius 1 is 1.16 bits per heavy atom. The van der Waals surface area contributed by atoms with E-state index in [2.05, 4.69) is 15.8 Å². The third-order valence-electron chi connectivity index (χ3n) is 5.57. The number of rotatable bonds is 6. The van der Waals surface area contributed by atoms with E-state index in [1.165, 1.54) is 15.8 Å². The van der Waals surface area contributed by atoms with Crippen LogP contribution in [0.2, 0.25) is 0 Å². The standard InChI is InChI=1S/C23H26N4O4S/c1-14-7-8-15(2)17(11-14)31-12-20(29)26-25-19(28)9-10-27-13-24-22-21(23(27)30)16-5-3-4-6-18(16)32-22/h7-8,11,13H,3-6,9-10,12H2,1-2H3,(H,25,28)(H,26,29). The second-order valence-corrected chi connectivity index (χ2v) is 9.12. The first-order chi connectivity index (χ1) is 15.4. The minimum absolute atomic E-state index is 0.0392. The summed E-state index contributed by atoms with van der Waals surface area (Å²) in [5.74, 6) is -0.238. The maximum Gasteiger partial charge on any atom is 0.276 e. The molecule has 1 aliphatic carbocycles. The second-order valence-electron chi connectivity index (χ2n) is 8.04. The Hall–Kier alpha value is -3.20. The number of nitrogens with zero attached hydrogens (tertiary/aromatic N) is 2. The number of hydrogen-bond acceptors (Lipinski definition) is 6. The van der Waals surface area contributed by atoms with Crippen molar-refractivity contribution in [3.63, 3.8) is 0 Å². The first-order valence-corrected chi connectivity index (χ1v) is 11.5. The Kier molecular flexibility index (Phi) is 6.55. The van der Waals surface area contributed by atoms with Gasteiger partial charge in [-0.25, -0.2) is 4.98 Å². The average Bonchev–Trinajstić information content (AvgIpc) is 3.17. The van der Waals surface area contributed by atoms with Crippen LogP contribution in [-0.4, -0.2) is 28.0 Å². The number of thiophene rings is 1. The summed E-state index contributed by atoms with van der Waals surface area (Å²) >= 11 is 1.60. The number of aryl methyl sites for hydroxylation is 5. The van der Waals surface area contributed by atoms with Crippen LogP contribution >= 0.6 is 11.3 Å². The van der Waals surface area contributed by atoms with Crippen LogP contribution in [0.25, 0.3) is 10.2 Å². The minimum atomic E-state index is -0.468. The highest BCUT2D eigenvalue weighted by Gasteiger charge is 2.20. The topological polar surface area (TPSA) is 102 Å². The molecule has 4 rings (SSSR count). The summed E-state index contributed by atoms with van der Waals surface area (Å²) in [4.78, 5) is 43.5. The minimum Gasteiger partial charge on any atom is -0.483 e. The summed E-state index contributed by atoms with van der Waals surface area (Å²) in [7, 11) is 0. The predicted octanol–water partition coefficient (Wildman–Crippen LogP) is 2.57. The Bertz CT molecular complexity index is 1230. The fraction of sp³-hybridized carbons (Fsp3) is 0.391. The normalized spacial score (nSPS) is 12.9. The van der Waals surface area contributed by atoms with Gasteiger partial charge in [0.25, 0.3) is 11.5 Å². The number of fused-ring (bicyclic) bond motifs is 3. The van der Waals surface area contributed by atoms with E-state index in [1.54, 1.807) is 11.3 Å². The summed E-state index contributed by atoms with van der Waals surface area (Å²) in [5.41, 5.74) is 7.69. The summed E-state index contributed by atoms with van der Waals surface area (Å²) in [5, 5.41) is 0.699. The number of benzene rings is 1. The summed E-state index contributed by atoms with van der Waals surface area (Å²) in [6, 6.07) is 5.74. The molecule has 0 saturated carbocycles. The van der Waals surface area contributed by atoms with E-state index < -0.39 is 11.8 Å². The van der Waals surface area contributed by atoms with Crippen molar-refractivity contribution in [1.82, 2.24) is 20.4 Å². The predicted molar refractivity (Wildman–Crippen MR) is 123 cm³/mol. The van der Waals surface area contributed by atoms with Crippen molar-refractivity contribution in [1.29, 1.82) is 0 Å². The fourth-order valence-corrected chi connectivity index (χ4v) is 5.03. The molecule has 0 atom stereocenters. The number of nitrogens with one attached hydrogen (secondary N) is 2. The zero-order chi connectivity index (χ0) is 22.7. The number of hydrazine groups is 1. The Morgan fingerprint density at radius 3 is 2.78 bits per heavy atom. The number of ether oxygens (including phenoxy) is 1. The molecular formula is C23H26N4O4S. The molecule has 0 radical (unpaired) electrons. The lowest BCUT2D eigenvalue weighted by Crippen LogP contribution is -2.44. The van der Waals surface area contributed by atoms with Crippen LogP contribution in [-0.2, 0) is 29.0 Å². The lowest BCUT2D eigenvalue weighted by Gasteiger charge is -2.12. The largest absolute Gasteiger partial charge is 0.483 e. The highest BCUT2D eigenvalue weighted by atomic mass is 32.1. The third kappa shape index (κ3) is 4.83. The van der Waals surface area contributed by atoms with Crippen molar-refractivity contribution in [2.24, 2.45) is 0 Å². The van der Waals surface area contributed by atoms with E-state index >= 15 is 0 Å². The van der Waals surface area contributed by atoms with Gasteiger partial charge < -0.3 is 4.74 Å². The molecule has 2 N–H and O–H groups in total. The fourth-order valence-electron chi connectivity index (χ4n) is 3.81. The van der Waals surface area contributed by atoms with Crippen LogP contribution in [0.3, 0.4) is 0 Å². The molecule has 8 nitrogen and oxygen atoms in total. The van der Waals surface area contributed by atoms with Gasteiger partial charge in [0.2, 0.25) is 5.91 Å². The van der Waals surface area contributed by atoms with Gasteiger partial charge in [-0.1, -0.05) is 12.1 Å². The van der Waals surface area contributed by atoms with Crippen molar-refractivity contribution < 1.29 is 14.3 Å². The molecule has 3 aromatic rings. The van der Waals surface area contributed by atoms with Crippen LogP contribution in [0.1, 0.15) is 40.8 Å². The molecule has 2 aromatic heterocycles. The quantitative estimate of drug-likeness (QED) is 0.558. The van der Waals surface area contributed by atoms with Crippen LogP contribution in [0.5, 0.6) is 5.75 Å². The smallest absolute Gasteiger partial charge is 0.276 e. The van der Waals surface area contributed by atoms with Crippen LogP contribution < -0.4 is 21.1 Å². The molecule has 0 unspecified atom stereocenters. The van der Waals surface area contributed by atoms with E-state index in [0.29, 0.717) is 11.1 Å². The highest BCUT2D eigenvalue weighted by molar-refractivity contribution is 7.18. The first-order valence-electron chi connectivity index (χ1n) is 10.7. The summed E-state index contributed by atoms with van der Waals surface area (Å²) in [6.45, 7) is 3.81. The van der Waals surface area contributed by atoms with Gasteiger partial charge in [-0.15, -0.1) is 11.3 Å². The third-order valence-corrected chi connectivity index (χ3v) is 6.77. The van der Waals surface area contributed by atoms with Gasteiger partial charge >= 0.3 is 0 Å². The Labute approximate surface area is 189 Å². The molecular weight excluding hydrogens is 428 g/mol. The van der Waals surface area contributed by atoms with Gasteiger partial charge in [0.15, 0.2) is 6.61 Å². The van der Waals surface area contributed by atoms with Gasteiger partial charge in [-0.05, 0) is 62.3 Å². The van der Waals surface area contributed by atoms with Crippen LogP contribution in [0, 0.1) is 13.8 Å². The van der Waals surface area contributed by atoms with Crippen LogP contribution in [0.15, 0.2) is 29.3 Å². The van der Waals surface area contributed by atoms with Crippen molar-refractivity contribution in [2.75, 3.05) is 6.61 Å². The molecule has 2 amide bonds. The SMILES string of the molecule is Cc1ccc(C)c(OCC(=O)NNC(=O)CCn2cnc3sc4c(c3c2=O)CCCC4)c1. The maximum absolute atomic E-state index is 12.9. The molecule has 0 saturated heterocycles. The van der Waals surface area contributed by atoms with Gasteiger partial charge in [0.1, 0.15) is 10.6 Å². The molecule has 0 spiro atoms. The number of hydrogen-bond donors (Lipinski definition) is 2. The van der Waals surface area contributed by atoms with Crippen LogP contribution in [0.4, 0.5) is 0 Å². The van der Waals surface area contributed by atoms with E-state index in [-0.39, 0.29) is 25.1 Å². The first kappa shape index (κ1) is 22.0.